The van der Waals surface area contributed by atoms with Crippen molar-refractivity contribution in [2.45, 2.75) is 39.1 Å². The van der Waals surface area contributed by atoms with Crippen LogP contribution in [0.25, 0.3) is 0 Å². The number of hydrogen-bond donors (Lipinski definition) is 0. The van der Waals surface area contributed by atoms with Gasteiger partial charge in [-0.15, -0.1) is 0 Å². The van der Waals surface area contributed by atoms with E-state index in [4.69, 9.17) is 4.74 Å². The molecule has 2 bridgehead atoms. The smallest absolute Gasteiger partial charge is 0.303 e. The summed E-state index contributed by atoms with van der Waals surface area (Å²) in [5.74, 6) is 2.37. The highest BCUT2D eigenvalue weighted by Gasteiger charge is 2.54. The third-order valence-corrected chi connectivity index (χ3v) is 6.95. The quantitative estimate of drug-likeness (QED) is 0.434. The van der Waals surface area contributed by atoms with Crippen LogP contribution in [0, 0.1) is 23.7 Å². The molecule has 0 heterocycles. The summed E-state index contributed by atoms with van der Waals surface area (Å²) in [7, 11) is -1.40. The van der Waals surface area contributed by atoms with E-state index >= 15 is 0 Å². The van der Waals surface area contributed by atoms with Crippen molar-refractivity contribution in [2.24, 2.45) is 23.7 Å². The third-order valence-electron chi connectivity index (χ3n) is 4.77. The summed E-state index contributed by atoms with van der Waals surface area (Å²) in [6, 6.07) is 0. The van der Waals surface area contributed by atoms with Gasteiger partial charge in [-0.3, -0.25) is 4.79 Å². The molecule has 0 radical (unpaired) electrons. The average molecular weight is 262 g/mol. The molecule has 98 valence electrons. The van der Waals surface area contributed by atoms with Gasteiger partial charge in [-0.1, -0.05) is 37.9 Å². The zero-order valence-corrected chi connectivity index (χ0v) is 12.6. The predicted molar refractivity (Wildman–Crippen MR) is 74.7 cm³/mol. The molecule has 0 saturated heterocycles. The third kappa shape index (κ3) is 1.71. The SMILES string of the molecule is CC(=O)O[C@@H]1C([Si](C)(C)C)=C[C@H]2[C@@H]1[C@@H]1C=C[C@H]2C1. The lowest BCUT2D eigenvalue weighted by Crippen LogP contribution is -2.37. The van der Waals surface area contributed by atoms with Gasteiger partial charge >= 0.3 is 5.97 Å². The second-order valence-electron chi connectivity index (χ2n) is 7.01. The summed E-state index contributed by atoms with van der Waals surface area (Å²) < 4.78 is 5.71. The van der Waals surface area contributed by atoms with Gasteiger partial charge in [-0.05, 0) is 29.4 Å². The van der Waals surface area contributed by atoms with Crippen molar-refractivity contribution < 1.29 is 9.53 Å². The first-order chi connectivity index (χ1) is 8.38. The molecule has 18 heavy (non-hydrogen) atoms. The summed E-state index contributed by atoms with van der Waals surface area (Å²) in [5, 5.41) is 1.46. The molecule has 0 aromatic rings. The first-order valence-corrected chi connectivity index (χ1v) is 10.5. The summed E-state index contributed by atoms with van der Waals surface area (Å²) in [4.78, 5) is 11.4. The molecule has 0 aromatic heterocycles. The minimum absolute atomic E-state index is 0.0686. The van der Waals surface area contributed by atoms with E-state index in [0.717, 1.165) is 0 Å². The highest BCUT2D eigenvalue weighted by atomic mass is 28.3. The van der Waals surface area contributed by atoms with Crippen LogP contribution >= 0.6 is 0 Å². The molecule has 0 spiro atoms. The maximum atomic E-state index is 11.4. The highest BCUT2D eigenvalue weighted by Crippen LogP contribution is 2.56. The Morgan fingerprint density at radius 1 is 1.28 bits per heavy atom. The van der Waals surface area contributed by atoms with Crippen molar-refractivity contribution in [3.05, 3.63) is 23.4 Å². The second-order valence-corrected chi connectivity index (χ2v) is 12.1. The largest absolute Gasteiger partial charge is 0.458 e. The van der Waals surface area contributed by atoms with Crippen LogP contribution < -0.4 is 0 Å². The minimum atomic E-state index is -1.40. The second kappa shape index (κ2) is 3.83. The first kappa shape index (κ1) is 12.2. The zero-order chi connectivity index (χ0) is 13.1. The van der Waals surface area contributed by atoms with Gasteiger partial charge < -0.3 is 4.74 Å². The van der Waals surface area contributed by atoms with Gasteiger partial charge in [0.05, 0.1) is 8.07 Å². The number of fused-ring (bicyclic) bond motifs is 5. The molecule has 0 amide bonds. The Bertz CT molecular complexity index is 444. The van der Waals surface area contributed by atoms with Crippen LogP contribution in [0.2, 0.25) is 19.6 Å². The number of allylic oxidation sites excluding steroid dienone is 3. The number of esters is 1. The van der Waals surface area contributed by atoms with Crippen LogP contribution in [-0.4, -0.2) is 20.1 Å². The first-order valence-electron chi connectivity index (χ1n) is 6.95. The number of hydrogen-bond acceptors (Lipinski definition) is 2. The van der Waals surface area contributed by atoms with E-state index in [2.05, 4.69) is 37.9 Å². The molecule has 0 aliphatic heterocycles. The Hall–Kier alpha value is -0.833. The van der Waals surface area contributed by atoms with Crippen molar-refractivity contribution in [2.75, 3.05) is 0 Å². The number of carbonyl (C=O) groups excluding carboxylic acids is 1. The topological polar surface area (TPSA) is 26.3 Å². The standard InChI is InChI=1S/C15H22O2Si/c1-9(16)17-15-13(18(2,3)4)8-12-10-5-6-11(7-10)14(12)15/h5-6,8,10-12,14-15H,7H2,1-4H3/t10-,11+,12+,14-,15+/m0/s1. The van der Waals surface area contributed by atoms with Gasteiger partial charge in [0.1, 0.15) is 6.10 Å². The highest BCUT2D eigenvalue weighted by molar-refractivity contribution is 6.83. The zero-order valence-electron chi connectivity index (χ0n) is 11.6. The molecule has 0 N–H and O–H groups in total. The minimum Gasteiger partial charge on any atom is -0.458 e. The summed E-state index contributed by atoms with van der Waals surface area (Å²) in [6.07, 6.45) is 8.53. The molecule has 2 nitrogen and oxygen atoms in total. The van der Waals surface area contributed by atoms with Crippen LogP contribution in [0.4, 0.5) is 0 Å². The lowest BCUT2D eigenvalue weighted by atomic mass is 9.84. The number of rotatable bonds is 2. The van der Waals surface area contributed by atoms with Crippen molar-refractivity contribution >= 4 is 14.0 Å². The summed E-state index contributed by atoms with van der Waals surface area (Å²) in [5.41, 5.74) is 0. The lowest BCUT2D eigenvalue weighted by molar-refractivity contribution is -0.146. The lowest BCUT2D eigenvalue weighted by Gasteiger charge is -2.31. The molecule has 3 aliphatic carbocycles. The fraction of sp³-hybridized carbons (Fsp3) is 0.667. The van der Waals surface area contributed by atoms with E-state index in [1.54, 1.807) is 0 Å². The molecule has 0 unspecified atom stereocenters. The molecule has 0 aromatic carbocycles. The number of ether oxygens (including phenoxy) is 1. The summed E-state index contributed by atoms with van der Waals surface area (Å²) in [6.45, 7) is 8.60. The maximum Gasteiger partial charge on any atom is 0.303 e. The molecular weight excluding hydrogens is 240 g/mol. The van der Waals surface area contributed by atoms with Crippen LogP contribution in [0.5, 0.6) is 0 Å². The van der Waals surface area contributed by atoms with E-state index in [-0.39, 0.29) is 12.1 Å². The van der Waals surface area contributed by atoms with Gasteiger partial charge in [0, 0.05) is 12.8 Å². The normalized spacial score (nSPS) is 40.9. The average Bonchev–Trinajstić information content (AvgIpc) is 2.85. The predicted octanol–water partition coefficient (Wildman–Crippen LogP) is 3.17. The monoisotopic (exact) mass is 262 g/mol. The van der Waals surface area contributed by atoms with Crippen molar-refractivity contribution in [3.8, 4) is 0 Å². The van der Waals surface area contributed by atoms with Gasteiger partial charge in [-0.25, -0.2) is 0 Å². The fourth-order valence-corrected chi connectivity index (χ4v) is 5.86. The maximum absolute atomic E-state index is 11.4. The Morgan fingerprint density at radius 3 is 2.56 bits per heavy atom. The molecule has 1 fully saturated rings. The fourth-order valence-electron chi connectivity index (χ4n) is 4.07. The van der Waals surface area contributed by atoms with Crippen LogP contribution in [-0.2, 0) is 9.53 Å². The van der Waals surface area contributed by atoms with E-state index in [0.29, 0.717) is 23.7 Å². The van der Waals surface area contributed by atoms with Crippen LogP contribution in [0.1, 0.15) is 13.3 Å². The van der Waals surface area contributed by atoms with Gasteiger partial charge in [-0.2, -0.15) is 0 Å². The molecule has 5 atom stereocenters. The Balaban J connectivity index is 1.95. The molecule has 1 saturated carbocycles. The van der Waals surface area contributed by atoms with Crippen molar-refractivity contribution in [1.82, 2.24) is 0 Å². The molecular formula is C15H22O2Si. The van der Waals surface area contributed by atoms with Gasteiger partial charge in [0.25, 0.3) is 0 Å². The van der Waals surface area contributed by atoms with E-state index in [1.165, 1.54) is 18.5 Å². The van der Waals surface area contributed by atoms with E-state index in [1.807, 2.05) is 0 Å². The number of carbonyl (C=O) groups is 1. The Kier molecular flexibility index (Phi) is 2.60. The van der Waals surface area contributed by atoms with Crippen molar-refractivity contribution in [3.63, 3.8) is 0 Å². The Morgan fingerprint density at radius 2 is 1.94 bits per heavy atom. The van der Waals surface area contributed by atoms with Gasteiger partial charge in [0.2, 0.25) is 0 Å². The van der Waals surface area contributed by atoms with Gasteiger partial charge in [0.15, 0.2) is 0 Å². The van der Waals surface area contributed by atoms with Crippen LogP contribution in [0.15, 0.2) is 23.4 Å². The van der Waals surface area contributed by atoms with E-state index < -0.39 is 8.07 Å². The molecule has 3 rings (SSSR count). The summed E-state index contributed by atoms with van der Waals surface area (Å²) >= 11 is 0. The Labute approximate surface area is 110 Å². The van der Waals surface area contributed by atoms with Crippen molar-refractivity contribution in [1.29, 1.82) is 0 Å². The van der Waals surface area contributed by atoms with E-state index in [9.17, 15) is 4.79 Å². The molecule has 3 aliphatic rings. The van der Waals surface area contributed by atoms with Crippen LogP contribution in [0.3, 0.4) is 0 Å². The molecule has 3 heteroatoms.